The van der Waals surface area contributed by atoms with E-state index in [0.29, 0.717) is 24.9 Å². The van der Waals surface area contributed by atoms with Crippen molar-refractivity contribution in [3.8, 4) is 5.75 Å². The maximum Gasteiger partial charge on any atom is 0.416 e. The molecule has 0 atom stereocenters. The third-order valence-electron chi connectivity index (χ3n) is 4.19. The number of halogens is 5. The van der Waals surface area contributed by atoms with Crippen LogP contribution in [-0.4, -0.2) is 32.1 Å². The molecule has 0 aromatic heterocycles. The standard InChI is InChI=1S/C21H24F4N4O2.HI/c1-3-26-20(28-12-15-6-7-16(22)10-18(15)21(23,24)25)29-13-19(30)27-11-14-4-8-17(31-2)9-5-14;/h4-10H,3,11-13H2,1-2H3,(H,27,30)(H2,26,28,29);1H. The van der Waals surface area contributed by atoms with Crippen molar-refractivity contribution in [1.29, 1.82) is 0 Å². The Morgan fingerprint density at radius 3 is 2.34 bits per heavy atom. The molecule has 0 unspecified atom stereocenters. The summed E-state index contributed by atoms with van der Waals surface area (Å²) in [6.45, 7) is 2.06. The molecule has 2 aromatic carbocycles. The molecule has 2 aromatic rings. The number of nitrogens with zero attached hydrogens (tertiary/aromatic N) is 1. The van der Waals surface area contributed by atoms with Crippen molar-refractivity contribution in [2.45, 2.75) is 26.2 Å². The Labute approximate surface area is 200 Å². The van der Waals surface area contributed by atoms with Crippen LogP contribution in [0.3, 0.4) is 0 Å². The molecule has 0 radical (unpaired) electrons. The fourth-order valence-corrected chi connectivity index (χ4v) is 2.63. The molecule has 2 rings (SSSR count). The van der Waals surface area contributed by atoms with E-state index in [1.807, 2.05) is 12.1 Å². The van der Waals surface area contributed by atoms with Crippen molar-refractivity contribution < 1.29 is 27.1 Å². The van der Waals surface area contributed by atoms with Crippen molar-refractivity contribution in [3.63, 3.8) is 0 Å². The first-order valence-corrected chi connectivity index (χ1v) is 9.50. The van der Waals surface area contributed by atoms with Gasteiger partial charge in [-0.05, 0) is 42.3 Å². The normalized spacial score (nSPS) is 11.4. The summed E-state index contributed by atoms with van der Waals surface area (Å²) >= 11 is 0. The molecular weight excluding hydrogens is 543 g/mol. The zero-order chi connectivity index (χ0) is 22.9. The summed E-state index contributed by atoms with van der Waals surface area (Å²) in [4.78, 5) is 16.1. The molecule has 32 heavy (non-hydrogen) atoms. The van der Waals surface area contributed by atoms with E-state index in [1.165, 1.54) is 0 Å². The predicted molar refractivity (Wildman–Crippen MR) is 124 cm³/mol. The highest BCUT2D eigenvalue weighted by molar-refractivity contribution is 14.0. The topological polar surface area (TPSA) is 74.8 Å². The van der Waals surface area contributed by atoms with Crippen LogP contribution in [0.4, 0.5) is 17.6 Å². The lowest BCUT2D eigenvalue weighted by molar-refractivity contribution is -0.138. The van der Waals surface area contributed by atoms with Gasteiger partial charge in [0.1, 0.15) is 11.6 Å². The molecule has 0 fully saturated rings. The molecular formula is C21H25F4IN4O2. The SMILES string of the molecule is CCNC(=NCc1ccc(F)cc1C(F)(F)F)NCC(=O)NCc1ccc(OC)cc1.I. The Morgan fingerprint density at radius 2 is 1.75 bits per heavy atom. The lowest BCUT2D eigenvalue weighted by atomic mass is 10.1. The fraction of sp³-hybridized carbons (Fsp3) is 0.333. The lowest BCUT2D eigenvalue weighted by Gasteiger charge is -2.14. The van der Waals surface area contributed by atoms with Gasteiger partial charge >= 0.3 is 6.18 Å². The minimum atomic E-state index is -4.69. The number of ether oxygens (including phenoxy) is 1. The van der Waals surface area contributed by atoms with Gasteiger partial charge in [-0.15, -0.1) is 24.0 Å². The summed E-state index contributed by atoms with van der Waals surface area (Å²) < 4.78 is 57.6. The van der Waals surface area contributed by atoms with E-state index in [4.69, 9.17) is 4.74 Å². The van der Waals surface area contributed by atoms with Crippen molar-refractivity contribution in [3.05, 3.63) is 65.0 Å². The maximum atomic E-state index is 13.2. The number of rotatable bonds is 8. The van der Waals surface area contributed by atoms with Gasteiger partial charge < -0.3 is 20.7 Å². The van der Waals surface area contributed by atoms with E-state index in [9.17, 15) is 22.4 Å². The summed E-state index contributed by atoms with van der Waals surface area (Å²) in [6.07, 6.45) is -4.69. The highest BCUT2D eigenvalue weighted by Gasteiger charge is 2.33. The minimum Gasteiger partial charge on any atom is -0.497 e. The number of guanidine groups is 1. The first-order chi connectivity index (χ1) is 14.7. The van der Waals surface area contributed by atoms with Gasteiger partial charge in [-0.3, -0.25) is 4.79 Å². The number of carbonyl (C=O) groups is 1. The Balaban J connectivity index is 0.00000512. The number of benzene rings is 2. The average Bonchev–Trinajstić information content (AvgIpc) is 2.74. The van der Waals surface area contributed by atoms with Crippen LogP contribution in [0.15, 0.2) is 47.5 Å². The van der Waals surface area contributed by atoms with Crippen LogP contribution in [0.1, 0.15) is 23.6 Å². The molecule has 6 nitrogen and oxygen atoms in total. The number of alkyl halides is 3. The van der Waals surface area contributed by atoms with Crippen LogP contribution in [0.2, 0.25) is 0 Å². The van der Waals surface area contributed by atoms with Crippen molar-refractivity contribution in [1.82, 2.24) is 16.0 Å². The maximum absolute atomic E-state index is 13.2. The van der Waals surface area contributed by atoms with Gasteiger partial charge in [0.15, 0.2) is 5.96 Å². The molecule has 0 aliphatic carbocycles. The van der Waals surface area contributed by atoms with Gasteiger partial charge in [-0.1, -0.05) is 18.2 Å². The first kappa shape index (κ1) is 27.5. The molecule has 3 N–H and O–H groups in total. The van der Waals surface area contributed by atoms with E-state index in [2.05, 4.69) is 20.9 Å². The molecule has 0 aliphatic heterocycles. The average molecular weight is 568 g/mol. The number of amides is 1. The minimum absolute atomic E-state index is 0. The van der Waals surface area contributed by atoms with Crippen LogP contribution < -0.4 is 20.7 Å². The third kappa shape index (κ3) is 8.89. The number of nitrogens with one attached hydrogen (secondary N) is 3. The quantitative estimate of drug-likeness (QED) is 0.196. The second-order valence-corrected chi connectivity index (χ2v) is 6.47. The number of aliphatic imine (C=N–C) groups is 1. The number of hydrogen-bond donors (Lipinski definition) is 3. The monoisotopic (exact) mass is 568 g/mol. The van der Waals surface area contributed by atoms with Crippen LogP contribution in [0.5, 0.6) is 5.75 Å². The second-order valence-electron chi connectivity index (χ2n) is 6.47. The summed E-state index contributed by atoms with van der Waals surface area (Å²) in [5.74, 6) is -0.421. The van der Waals surface area contributed by atoms with E-state index in [-0.39, 0.29) is 54.5 Å². The molecule has 0 spiro atoms. The highest BCUT2D eigenvalue weighted by Crippen LogP contribution is 2.32. The molecule has 0 saturated heterocycles. The Hall–Kier alpha value is -2.57. The first-order valence-electron chi connectivity index (χ1n) is 9.50. The van der Waals surface area contributed by atoms with E-state index < -0.39 is 17.6 Å². The summed E-state index contributed by atoms with van der Waals surface area (Å²) in [5.41, 5.74) is -0.370. The molecule has 176 valence electrons. The molecule has 1 amide bonds. The molecule has 0 saturated carbocycles. The van der Waals surface area contributed by atoms with Gasteiger partial charge in [0.25, 0.3) is 0 Å². The summed E-state index contributed by atoms with van der Waals surface area (Å²) in [6, 6.07) is 9.64. The largest absolute Gasteiger partial charge is 0.497 e. The van der Waals surface area contributed by atoms with E-state index in [0.717, 1.165) is 17.7 Å². The fourth-order valence-electron chi connectivity index (χ4n) is 2.63. The highest BCUT2D eigenvalue weighted by atomic mass is 127. The Morgan fingerprint density at radius 1 is 1.06 bits per heavy atom. The van der Waals surface area contributed by atoms with Crippen LogP contribution in [0.25, 0.3) is 0 Å². The van der Waals surface area contributed by atoms with Gasteiger partial charge in [0.2, 0.25) is 5.91 Å². The second kappa shape index (κ2) is 13.1. The molecule has 0 bridgehead atoms. The molecule has 0 heterocycles. The van der Waals surface area contributed by atoms with Crippen molar-refractivity contribution >= 4 is 35.8 Å². The third-order valence-corrected chi connectivity index (χ3v) is 4.19. The van der Waals surface area contributed by atoms with Crippen LogP contribution in [-0.2, 0) is 24.1 Å². The van der Waals surface area contributed by atoms with Crippen molar-refractivity contribution in [2.75, 3.05) is 20.2 Å². The zero-order valence-corrected chi connectivity index (χ0v) is 19.9. The Bertz CT molecular complexity index is 906. The van der Waals surface area contributed by atoms with Gasteiger partial charge in [-0.25, -0.2) is 9.38 Å². The zero-order valence-electron chi connectivity index (χ0n) is 17.6. The van der Waals surface area contributed by atoms with E-state index >= 15 is 0 Å². The molecule has 0 aliphatic rings. The summed E-state index contributed by atoms with van der Waals surface area (Å²) in [7, 11) is 1.56. The smallest absolute Gasteiger partial charge is 0.416 e. The number of carbonyl (C=O) groups excluding carboxylic acids is 1. The van der Waals surface area contributed by atoms with Crippen LogP contribution >= 0.6 is 24.0 Å². The van der Waals surface area contributed by atoms with E-state index in [1.54, 1.807) is 26.2 Å². The van der Waals surface area contributed by atoms with Gasteiger partial charge in [-0.2, -0.15) is 13.2 Å². The lowest BCUT2D eigenvalue weighted by Crippen LogP contribution is -2.43. The van der Waals surface area contributed by atoms with Gasteiger partial charge in [0.05, 0.1) is 25.8 Å². The summed E-state index contributed by atoms with van der Waals surface area (Å²) in [5, 5.41) is 8.35. The van der Waals surface area contributed by atoms with Gasteiger partial charge in [0, 0.05) is 13.1 Å². The Kier molecular flexibility index (Phi) is 11.2. The predicted octanol–water partition coefficient (Wildman–Crippen LogP) is 3.84. The van der Waals surface area contributed by atoms with Crippen LogP contribution in [0, 0.1) is 5.82 Å². The number of hydrogen-bond acceptors (Lipinski definition) is 3. The molecule has 11 heteroatoms. The number of methoxy groups -OCH3 is 1. The van der Waals surface area contributed by atoms with Crippen molar-refractivity contribution in [2.24, 2.45) is 4.99 Å².